The molecule has 0 heterocycles. The van der Waals surface area contributed by atoms with Crippen LogP contribution in [0.25, 0.3) is 0 Å². The summed E-state index contributed by atoms with van der Waals surface area (Å²) in [5.41, 5.74) is 1.93. The molecule has 3 nitrogen and oxygen atoms in total. The minimum atomic E-state index is -0.357. The number of rotatable bonds is 8. The highest BCUT2D eigenvalue weighted by Gasteiger charge is 2.09. The lowest BCUT2D eigenvalue weighted by Crippen LogP contribution is -2.13. The molecule has 24 heavy (non-hydrogen) atoms. The minimum Gasteiger partial charge on any atom is -0.493 e. The van der Waals surface area contributed by atoms with Gasteiger partial charge in [-0.15, -0.1) is 0 Å². The highest BCUT2D eigenvalue weighted by Crippen LogP contribution is 2.30. The number of hydrogen-bond donors (Lipinski definition) is 0. The average molecular weight is 352 g/mol. The maximum absolute atomic E-state index is 13.1. The minimum absolute atomic E-state index is 0.261. The first-order chi connectivity index (χ1) is 11.5. The summed E-state index contributed by atoms with van der Waals surface area (Å²) in [6, 6.07) is 10.2. The molecule has 0 N–H and O–H groups in total. The van der Waals surface area contributed by atoms with Gasteiger partial charge in [0.15, 0.2) is 11.5 Å². The molecule has 2 aromatic rings. The highest BCUT2D eigenvalue weighted by atomic mass is 35.5. The molecule has 0 amide bonds. The first kappa shape index (κ1) is 18.6. The summed E-state index contributed by atoms with van der Waals surface area (Å²) in [7, 11) is 5.74. The second-order valence-electron chi connectivity index (χ2n) is 5.92. The average Bonchev–Trinajstić information content (AvgIpc) is 2.54. The SMILES string of the molecule is COc1ccc(CCCN(C)C)cc1OCc1ccc(F)cc1Cl. The lowest BCUT2D eigenvalue weighted by atomic mass is 10.1. The zero-order chi connectivity index (χ0) is 17.5. The zero-order valence-corrected chi connectivity index (χ0v) is 15.1. The van der Waals surface area contributed by atoms with Crippen LogP contribution in [0.1, 0.15) is 17.5 Å². The molecule has 0 aromatic heterocycles. The van der Waals surface area contributed by atoms with Gasteiger partial charge in [-0.1, -0.05) is 23.7 Å². The van der Waals surface area contributed by atoms with Crippen LogP contribution in [0.2, 0.25) is 5.02 Å². The Balaban J connectivity index is 2.06. The number of benzene rings is 2. The van der Waals surface area contributed by atoms with Crippen molar-refractivity contribution in [2.45, 2.75) is 19.4 Å². The van der Waals surface area contributed by atoms with E-state index in [1.165, 1.54) is 17.7 Å². The molecule has 5 heteroatoms. The number of ether oxygens (including phenoxy) is 2. The Bertz CT molecular complexity index is 676. The van der Waals surface area contributed by atoms with Crippen LogP contribution in [0.4, 0.5) is 4.39 Å². The summed E-state index contributed by atoms with van der Waals surface area (Å²) in [5.74, 6) is 0.981. The Labute approximate surface area is 147 Å². The Morgan fingerprint density at radius 2 is 1.88 bits per heavy atom. The van der Waals surface area contributed by atoms with E-state index in [2.05, 4.69) is 19.0 Å². The molecule has 2 rings (SSSR count). The van der Waals surface area contributed by atoms with E-state index in [0.717, 1.165) is 24.9 Å². The molecule has 0 aliphatic rings. The van der Waals surface area contributed by atoms with Crippen molar-refractivity contribution in [3.63, 3.8) is 0 Å². The van der Waals surface area contributed by atoms with Crippen molar-refractivity contribution in [2.75, 3.05) is 27.7 Å². The molecule has 0 aliphatic heterocycles. The van der Waals surface area contributed by atoms with E-state index in [1.54, 1.807) is 13.2 Å². The van der Waals surface area contributed by atoms with Crippen molar-refractivity contribution in [3.8, 4) is 11.5 Å². The normalized spacial score (nSPS) is 10.9. The number of aryl methyl sites for hydroxylation is 1. The fourth-order valence-electron chi connectivity index (χ4n) is 2.38. The predicted octanol–water partition coefficient (Wildman–Crippen LogP) is 4.56. The van der Waals surface area contributed by atoms with Crippen molar-refractivity contribution in [3.05, 3.63) is 58.4 Å². The van der Waals surface area contributed by atoms with Gasteiger partial charge < -0.3 is 14.4 Å². The van der Waals surface area contributed by atoms with E-state index in [9.17, 15) is 4.39 Å². The summed E-state index contributed by atoms with van der Waals surface area (Å²) in [5, 5.41) is 0.358. The lowest BCUT2D eigenvalue weighted by Gasteiger charge is -2.14. The van der Waals surface area contributed by atoms with Crippen molar-refractivity contribution < 1.29 is 13.9 Å². The maximum atomic E-state index is 13.1. The van der Waals surface area contributed by atoms with E-state index in [4.69, 9.17) is 21.1 Å². The summed E-state index contributed by atoms with van der Waals surface area (Å²) in [6.45, 7) is 1.30. The van der Waals surface area contributed by atoms with Gasteiger partial charge in [0.05, 0.1) is 12.1 Å². The molecule has 0 aliphatic carbocycles. The number of halogens is 2. The summed E-state index contributed by atoms with van der Waals surface area (Å²) < 4.78 is 24.3. The van der Waals surface area contributed by atoms with Gasteiger partial charge in [-0.25, -0.2) is 4.39 Å². The van der Waals surface area contributed by atoms with E-state index >= 15 is 0 Å². The van der Waals surface area contributed by atoms with Crippen LogP contribution < -0.4 is 9.47 Å². The van der Waals surface area contributed by atoms with Crippen LogP contribution in [-0.4, -0.2) is 32.6 Å². The molecule has 0 radical (unpaired) electrons. The van der Waals surface area contributed by atoms with Crippen LogP contribution >= 0.6 is 11.6 Å². The van der Waals surface area contributed by atoms with Gasteiger partial charge in [0.1, 0.15) is 12.4 Å². The third kappa shape index (κ3) is 5.39. The molecule has 0 spiro atoms. The van der Waals surface area contributed by atoms with Gasteiger partial charge in [-0.3, -0.25) is 0 Å². The Morgan fingerprint density at radius 1 is 1.08 bits per heavy atom. The Morgan fingerprint density at radius 3 is 2.54 bits per heavy atom. The van der Waals surface area contributed by atoms with Gasteiger partial charge >= 0.3 is 0 Å². The fraction of sp³-hybridized carbons (Fsp3) is 0.368. The van der Waals surface area contributed by atoms with E-state index in [1.807, 2.05) is 18.2 Å². The molecule has 130 valence electrons. The second kappa shape index (κ2) is 8.90. The van der Waals surface area contributed by atoms with Gasteiger partial charge in [0, 0.05) is 5.56 Å². The van der Waals surface area contributed by atoms with E-state index < -0.39 is 0 Å². The maximum Gasteiger partial charge on any atom is 0.161 e. The monoisotopic (exact) mass is 351 g/mol. The Kier molecular flexibility index (Phi) is 6.88. The molecular weight excluding hydrogens is 329 g/mol. The molecule has 0 bridgehead atoms. The summed E-state index contributed by atoms with van der Waals surface area (Å²) in [4.78, 5) is 2.16. The third-order valence-corrected chi connectivity index (χ3v) is 4.05. The number of hydrogen-bond acceptors (Lipinski definition) is 3. The molecule has 0 unspecified atom stereocenters. The van der Waals surface area contributed by atoms with Crippen LogP contribution in [-0.2, 0) is 13.0 Å². The molecule has 2 aromatic carbocycles. The molecule has 0 fully saturated rings. The third-order valence-electron chi connectivity index (χ3n) is 3.70. The Hall–Kier alpha value is -1.78. The first-order valence-electron chi connectivity index (χ1n) is 7.88. The highest BCUT2D eigenvalue weighted by molar-refractivity contribution is 6.31. The molecular formula is C19H23ClFNO2. The predicted molar refractivity (Wildman–Crippen MR) is 95.6 cm³/mol. The summed E-state index contributed by atoms with van der Waals surface area (Å²) in [6.07, 6.45) is 2.04. The van der Waals surface area contributed by atoms with Crippen molar-refractivity contribution in [2.24, 2.45) is 0 Å². The van der Waals surface area contributed by atoms with Crippen LogP contribution in [0.3, 0.4) is 0 Å². The smallest absolute Gasteiger partial charge is 0.161 e. The first-order valence-corrected chi connectivity index (χ1v) is 8.25. The van der Waals surface area contributed by atoms with Crippen LogP contribution in [0.15, 0.2) is 36.4 Å². The van der Waals surface area contributed by atoms with Crippen molar-refractivity contribution in [1.29, 1.82) is 0 Å². The van der Waals surface area contributed by atoms with E-state index in [0.29, 0.717) is 16.5 Å². The number of nitrogens with zero attached hydrogens (tertiary/aromatic N) is 1. The standard InChI is InChI=1S/C19H23ClFNO2/c1-22(2)10-4-5-14-6-9-18(23-3)19(11-14)24-13-15-7-8-16(21)12-17(15)20/h6-9,11-12H,4-5,10,13H2,1-3H3. The topological polar surface area (TPSA) is 21.7 Å². The van der Waals surface area contributed by atoms with Gasteiger partial charge in [0.25, 0.3) is 0 Å². The van der Waals surface area contributed by atoms with Gasteiger partial charge in [-0.2, -0.15) is 0 Å². The van der Waals surface area contributed by atoms with Crippen LogP contribution in [0, 0.1) is 5.82 Å². The van der Waals surface area contributed by atoms with Gasteiger partial charge in [0.2, 0.25) is 0 Å². The summed E-state index contributed by atoms with van der Waals surface area (Å²) >= 11 is 6.04. The molecule has 0 saturated carbocycles. The van der Waals surface area contributed by atoms with Crippen LogP contribution in [0.5, 0.6) is 11.5 Å². The molecule has 0 saturated heterocycles. The quantitative estimate of drug-likeness (QED) is 0.695. The number of methoxy groups -OCH3 is 1. The fourth-order valence-corrected chi connectivity index (χ4v) is 2.60. The van der Waals surface area contributed by atoms with Crippen molar-refractivity contribution in [1.82, 2.24) is 4.90 Å². The van der Waals surface area contributed by atoms with Crippen molar-refractivity contribution >= 4 is 11.6 Å². The zero-order valence-electron chi connectivity index (χ0n) is 14.3. The lowest BCUT2D eigenvalue weighted by molar-refractivity contribution is 0.284. The molecule has 0 atom stereocenters. The van der Waals surface area contributed by atoms with Gasteiger partial charge in [-0.05, 0) is 63.3 Å². The second-order valence-corrected chi connectivity index (χ2v) is 6.32. The largest absolute Gasteiger partial charge is 0.493 e. The van der Waals surface area contributed by atoms with E-state index in [-0.39, 0.29) is 12.4 Å².